The minimum absolute atomic E-state index is 0. The summed E-state index contributed by atoms with van der Waals surface area (Å²) < 4.78 is 53.4. The Morgan fingerprint density at radius 3 is 2.14 bits per heavy atom. The number of fused-ring (bicyclic) bond motifs is 2. The molecule has 0 aliphatic heterocycles. The zero-order valence-corrected chi connectivity index (χ0v) is 33.5. The number of hydrogen-bond acceptors (Lipinski definition) is 3. The van der Waals surface area contributed by atoms with Crippen molar-refractivity contribution in [1.29, 1.82) is 0 Å². The molecular formula is C43H45GeIrN3O-2. The second-order valence-corrected chi connectivity index (χ2v) is 24.5. The van der Waals surface area contributed by atoms with Crippen LogP contribution in [0, 0.1) is 26.0 Å². The van der Waals surface area contributed by atoms with Gasteiger partial charge in [-0.25, -0.2) is 0 Å². The molecule has 1 radical (unpaired) electrons. The van der Waals surface area contributed by atoms with Crippen LogP contribution in [0.4, 0.5) is 0 Å². The van der Waals surface area contributed by atoms with Gasteiger partial charge in [-0.2, -0.15) is 0 Å². The average Bonchev–Trinajstić information content (AvgIpc) is 3.71. The number of aryl methyl sites for hydroxylation is 2. The molecule has 0 bridgehead atoms. The standard InChI is InChI=1S/C30H33GeN2O.C13H12N.Ir/c1-19(2)22-11-10-12-23(20(3)4)29(22)33-27-14-9-8-13-26(27)32-30(33)25-18-34-28-16-15-21(17-24(25)28)31(5,6)7;1-10-3-6-12(7-4-10)13-8-5-11(2)9-14-13;/h8-17,19-20H,1-7H3;3-6,8-9H,1-2H3;/q2*-1;/i;1D3,2D3;. The molecule has 4 aromatic carbocycles. The Labute approximate surface area is 316 Å². The van der Waals surface area contributed by atoms with Crippen LogP contribution in [0.15, 0.2) is 102 Å². The van der Waals surface area contributed by atoms with Crippen molar-refractivity contribution < 1.29 is 32.7 Å². The monoisotopic (exact) mass is 892 g/mol. The molecule has 6 heteroatoms. The minimum Gasteiger partial charge on any atom is -0.304 e. The average molecular weight is 891 g/mol. The van der Waals surface area contributed by atoms with Crippen LogP contribution in [-0.4, -0.2) is 27.8 Å². The molecule has 0 aliphatic rings. The summed E-state index contributed by atoms with van der Waals surface area (Å²) in [5, 5.41) is 1.10. The number of para-hydroxylation sites is 3. The Bertz CT molecular complexity index is 2320. The first-order valence-corrected chi connectivity index (χ1v) is 23.7. The molecule has 0 saturated heterocycles. The molecule has 7 aromatic rings. The van der Waals surface area contributed by atoms with E-state index in [-0.39, 0.29) is 31.2 Å². The van der Waals surface area contributed by atoms with Crippen molar-refractivity contribution in [3.63, 3.8) is 0 Å². The molecule has 0 N–H and O–H groups in total. The molecule has 7 rings (SSSR count). The summed E-state index contributed by atoms with van der Waals surface area (Å²) >= 11 is -2.02. The predicted molar refractivity (Wildman–Crippen MR) is 204 cm³/mol. The Balaban J connectivity index is 0.000000237. The third-order valence-electron chi connectivity index (χ3n) is 8.58. The van der Waals surface area contributed by atoms with Crippen LogP contribution < -0.4 is 4.40 Å². The first-order valence-electron chi connectivity index (χ1n) is 19.4. The van der Waals surface area contributed by atoms with Gasteiger partial charge in [0.15, 0.2) is 0 Å². The number of nitrogens with zero attached hydrogens (tertiary/aromatic N) is 3. The van der Waals surface area contributed by atoms with E-state index in [0.29, 0.717) is 23.1 Å². The summed E-state index contributed by atoms with van der Waals surface area (Å²) in [6.07, 6.45) is 4.54. The van der Waals surface area contributed by atoms with Gasteiger partial charge in [0.05, 0.1) is 0 Å². The molecule has 0 aliphatic carbocycles. The van der Waals surface area contributed by atoms with E-state index in [2.05, 4.69) is 128 Å². The number of pyridine rings is 1. The Morgan fingerprint density at radius 2 is 1.53 bits per heavy atom. The van der Waals surface area contributed by atoms with Gasteiger partial charge in [-0.3, -0.25) is 0 Å². The van der Waals surface area contributed by atoms with Gasteiger partial charge in [-0.1, -0.05) is 19.0 Å². The Morgan fingerprint density at radius 1 is 0.816 bits per heavy atom. The maximum Gasteiger partial charge on any atom is 0.0280 e. The fourth-order valence-electron chi connectivity index (χ4n) is 5.94. The smallest absolute Gasteiger partial charge is 0.0280 e. The Kier molecular flexibility index (Phi) is 8.88. The van der Waals surface area contributed by atoms with Crippen molar-refractivity contribution in [2.45, 2.75) is 70.5 Å². The molecule has 0 fully saturated rings. The van der Waals surface area contributed by atoms with Gasteiger partial charge < -0.3 is 4.98 Å². The maximum absolute atomic E-state index is 7.28. The van der Waals surface area contributed by atoms with Crippen LogP contribution in [-0.2, 0) is 20.1 Å². The number of imidazole rings is 1. The van der Waals surface area contributed by atoms with Gasteiger partial charge in [-0.05, 0) is 18.1 Å². The predicted octanol–water partition coefficient (Wildman–Crippen LogP) is 11.2. The second-order valence-electron chi connectivity index (χ2n) is 13.8. The van der Waals surface area contributed by atoms with E-state index in [1.165, 1.54) is 45.6 Å². The van der Waals surface area contributed by atoms with Crippen molar-refractivity contribution in [2.75, 3.05) is 0 Å². The SMILES string of the molecule is CC(C)c1cccc(C(C)C)c1-n1c(-c2[c-]oc3cc[c]([Ge]([CH3])([CH3])[CH3])cc23)nc2ccccc21.[2H]C([2H])([2H])c1c[c-]c(-c2ccc(C([2H])([2H])[2H])cn2)cc1.[Ir]. The molecule has 253 valence electrons. The second kappa shape index (κ2) is 15.0. The summed E-state index contributed by atoms with van der Waals surface area (Å²) in [6, 6.07) is 32.2. The molecule has 4 nitrogen and oxygen atoms in total. The third kappa shape index (κ3) is 7.70. The number of hydrogen-bond donors (Lipinski definition) is 0. The topological polar surface area (TPSA) is 43.9 Å². The molecule has 0 saturated carbocycles. The van der Waals surface area contributed by atoms with Gasteiger partial charge in [0.25, 0.3) is 0 Å². The van der Waals surface area contributed by atoms with Crippen molar-refractivity contribution in [3.8, 4) is 28.3 Å². The quantitative estimate of drug-likeness (QED) is 0.123. The summed E-state index contributed by atoms with van der Waals surface area (Å²) in [4.78, 5) is 9.24. The molecule has 0 amide bonds. The summed E-state index contributed by atoms with van der Waals surface area (Å²) in [5.74, 6) is 8.94. The van der Waals surface area contributed by atoms with E-state index in [4.69, 9.17) is 17.6 Å². The minimum atomic E-state index is -2.18. The summed E-state index contributed by atoms with van der Waals surface area (Å²) in [7, 11) is 0. The largest absolute Gasteiger partial charge is 0.304 e. The fraction of sp³-hybridized carbons (Fsp3) is 0.256. The zero-order valence-electron chi connectivity index (χ0n) is 35.0. The number of furan rings is 1. The first-order chi connectivity index (χ1) is 25.3. The van der Waals surface area contributed by atoms with E-state index < -0.39 is 27.0 Å². The molecule has 3 aromatic heterocycles. The zero-order chi connectivity index (χ0) is 39.2. The van der Waals surface area contributed by atoms with Gasteiger partial charge in [0, 0.05) is 34.5 Å². The maximum atomic E-state index is 7.28. The normalized spacial score (nSPS) is 13.9. The Hall–Kier alpha value is -3.77. The van der Waals surface area contributed by atoms with Gasteiger partial charge in [0.2, 0.25) is 0 Å². The van der Waals surface area contributed by atoms with E-state index >= 15 is 0 Å². The third-order valence-corrected chi connectivity index (χ3v) is 12.9. The number of aromatic nitrogens is 3. The molecule has 49 heavy (non-hydrogen) atoms. The van der Waals surface area contributed by atoms with Gasteiger partial charge in [-0.15, -0.1) is 35.4 Å². The van der Waals surface area contributed by atoms with Gasteiger partial charge in [0.1, 0.15) is 0 Å². The van der Waals surface area contributed by atoms with Crippen molar-refractivity contribution in [1.82, 2.24) is 14.5 Å². The number of rotatable bonds is 6. The first kappa shape index (κ1) is 29.0. The summed E-state index contributed by atoms with van der Waals surface area (Å²) in [6.45, 7) is 4.73. The van der Waals surface area contributed by atoms with Gasteiger partial charge >= 0.3 is 206 Å². The van der Waals surface area contributed by atoms with E-state index in [1.807, 2.05) is 0 Å². The van der Waals surface area contributed by atoms with Crippen LogP contribution >= 0.6 is 0 Å². The van der Waals surface area contributed by atoms with Crippen LogP contribution in [0.5, 0.6) is 0 Å². The van der Waals surface area contributed by atoms with E-state index in [0.717, 1.165) is 33.4 Å². The van der Waals surface area contributed by atoms with Crippen LogP contribution in [0.2, 0.25) is 17.3 Å². The molecule has 0 atom stereocenters. The van der Waals surface area contributed by atoms with E-state index in [9.17, 15) is 0 Å². The van der Waals surface area contributed by atoms with Crippen LogP contribution in [0.25, 0.3) is 50.3 Å². The summed E-state index contributed by atoms with van der Waals surface area (Å²) in [5.41, 5.74) is 9.34. The van der Waals surface area contributed by atoms with Crippen LogP contribution in [0.3, 0.4) is 0 Å². The molecular weight excluding hydrogens is 839 g/mol. The van der Waals surface area contributed by atoms with Crippen molar-refractivity contribution in [2.24, 2.45) is 0 Å². The van der Waals surface area contributed by atoms with Crippen LogP contribution in [0.1, 0.15) is 70.0 Å². The van der Waals surface area contributed by atoms with E-state index in [1.54, 1.807) is 12.1 Å². The van der Waals surface area contributed by atoms with Crippen molar-refractivity contribution >= 4 is 39.7 Å². The fourth-order valence-corrected chi connectivity index (χ4v) is 8.37. The molecule has 0 spiro atoms. The van der Waals surface area contributed by atoms with Crippen molar-refractivity contribution in [3.05, 3.63) is 132 Å². The molecule has 0 unspecified atom stereocenters. The number of benzene rings is 4. The molecule has 3 heterocycles.